The lowest BCUT2D eigenvalue weighted by Gasteiger charge is -2.22. The van der Waals surface area contributed by atoms with E-state index < -0.39 is 0 Å². The fourth-order valence-electron chi connectivity index (χ4n) is 2.14. The molecule has 0 saturated heterocycles. The zero-order valence-corrected chi connectivity index (χ0v) is 13.5. The third kappa shape index (κ3) is 3.61. The van der Waals surface area contributed by atoms with E-state index in [4.69, 9.17) is 11.6 Å². The molecule has 0 unspecified atom stereocenters. The molecule has 0 fully saturated rings. The number of benzene rings is 1. The van der Waals surface area contributed by atoms with E-state index in [-0.39, 0.29) is 11.4 Å². The van der Waals surface area contributed by atoms with E-state index in [9.17, 15) is 4.79 Å². The SMILES string of the molecule is Cc1ccccc1-c1c(Cl)cncc1C(=O)NC(C)(C)C. The molecule has 0 spiro atoms. The fraction of sp³-hybridized carbons (Fsp3) is 0.294. The van der Waals surface area contributed by atoms with Gasteiger partial charge in [-0.15, -0.1) is 0 Å². The van der Waals surface area contributed by atoms with Crippen LogP contribution in [0.4, 0.5) is 0 Å². The average molecular weight is 303 g/mol. The Morgan fingerprint density at radius 1 is 1.19 bits per heavy atom. The summed E-state index contributed by atoms with van der Waals surface area (Å²) < 4.78 is 0. The van der Waals surface area contributed by atoms with Crippen molar-refractivity contribution in [2.45, 2.75) is 33.2 Å². The number of carbonyl (C=O) groups excluding carboxylic acids is 1. The monoisotopic (exact) mass is 302 g/mol. The molecule has 0 atom stereocenters. The van der Waals surface area contributed by atoms with Gasteiger partial charge in [-0.2, -0.15) is 0 Å². The number of nitrogens with zero attached hydrogens (tertiary/aromatic N) is 1. The summed E-state index contributed by atoms with van der Waals surface area (Å²) in [5, 5.41) is 3.43. The molecular weight excluding hydrogens is 284 g/mol. The van der Waals surface area contributed by atoms with Gasteiger partial charge in [-0.05, 0) is 38.8 Å². The molecule has 4 heteroatoms. The van der Waals surface area contributed by atoms with Gasteiger partial charge in [-0.3, -0.25) is 9.78 Å². The second kappa shape index (κ2) is 5.86. The number of hydrogen-bond donors (Lipinski definition) is 1. The molecule has 1 aromatic carbocycles. The predicted octanol–water partition coefficient (Wildman–Crippen LogP) is 4.24. The number of halogens is 1. The minimum Gasteiger partial charge on any atom is -0.347 e. The number of pyridine rings is 1. The first-order valence-electron chi connectivity index (χ1n) is 6.81. The van der Waals surface area contributed by atoms with Crippen LogP contribution in [0.5, 0.6) is 0 Å². The van der Waals surface area contributed by atoms with Crippen molar-refractivity contribution in [2.75, 3.05) is 0 Å². The summed E-state index contributed by atoms with van der Waals surface area (Å²) in [6, 6.07) is 7.86. The van der Waals surface area contributed by atoms with E-state index in [0.29, 0.717) is 10.6 Å². The van der Waals surface area contributed by atoms with Crippen LogP contribution in [0.3, 0.4) is 0 Å². The molecule has 110 valence electrons. The number of nitrogens with one attached hydrogen (secondary N) is 1. The Balaban J connectivity index is 2.57. The van der Waals surface area contributed by atoms with Crippen LogP contribution < -0.4 is 5.32 Å². The van der Waals surface area contributed by atoms with E-state index in [0.717, 1.165) is 16.7 Å². The van der Waals surface area contributed by atoms with Gasteiger partial charge in [0.1, 0.15) is 0 Å². The number of hydrogen-bond acceptors (Lipinski definition) is 2. The van der Waals surface area contributed by atoms with Gasteiger partial charge in [0.2, 0.25) is 0 Å². The normalized spacial score (nSPS) is 11.3. The average Bonchev–Trinajstić information content (AvgIpc) is 2.37. The third-order valence-corrected chi connectivity index (χ3v) is 3.33. The largest absolute Gasteiger partial charge is 0.347 e. The molecular formula is C17H19ClN2O. The Labute approximate surface area is 130 Å². The van der Waals surface area contributed by atoms with Crippen molar-refractivity contribution in [3.63, 3.8) is 0 Å². The quantitative estimate of drug-likeness (QED) is 0.901. The Bertz CT molecular complexity index is 675. The molecule has 2 rings (SSSR count). The molecule has 3 nitrogen and oxygen atoms in total. The van der Waals surface area contributed by atoms with Crippen molar-refractivity contribution >= 4 is 17.5 Å². The maximum Gasteiger partial charge on any atom is 0.253 e. The zero-order chi connectivity index (χ0) is 15.6. The standard InChI is InChI=1S/C17H19ClN2O/c1-11-7-5-6-8-12(11)15-13(9-19-10-14(15)18)16(21)20-17(2,3)4/h5-10H,1-4H3,(H,20,21). The zero-order valence-electron chi connectivity index (χ0n) is 12.7. The topological polar surface area (TPSA) is 42.0 Å². The number of carbonyl (C=O) groups is 1. The first-order chi connectivity index (χ1) is 9.79. The molecule has 0 aliphatic heterocycles. The van der Waals surface area contributed by atoms with Crippen molar-refractivity contribution < 1.29 is 4.79 Å². The highest BCUT2D eigenvalue weighted by Crippen LogP contribution is 2.32. The van der Waals surface area contributed by atoms with Crippen molar-refractivity contribution in [3.8, 4) is 11.1 Å². The number of aryl methyl sites for hydroxylation is 1. The van der Waals surface area contributed by atoms with Gasteiger partial charge >= 0.3 is 0 Å². The summed E-state index contributed by atoms with van der Waals surface area (Å²) in [7, 11) is 0. The van der Waals surface area contributed by atoms with Gasteiger partial charge in [-0.25, -0.2) is 0 Å². The highest BCUT2D eigenvalue weighted by Gasteiger charge is 2.21. The van der Waals surface area contributed by atoms with E-state index in [1.807, 2.05) is 52.0 Å². The van der Waals surface area contributed by atoms with Crippen molar-refractivity contribution in [1.29, 1.82) is 0 Å². The van der Waals surface area contributed by atoms with Crippen LogP contribution >= 0.6 is 11.6 Å². The highest BCUT2D eigenvalue weighted by molar-refractivity contribution is 6.34. The van der Waals surface area contributed by atoms with Gasteiger partial charge in [0.05, 0.1) is 10.6 Å². The smallest absolute Gasteiger partial charge is 0.253 e. The third-order valence-electron chi connectivity index (χ3n) is 3.05. The van der Waals surface area contributed by atoms with Crippen LogP contribution in [0.1, 0.15) is 36.7 Å². The molecule has 1 amide bonds. The second-order valence-corrected chi connectivity index (χ2v) is 6.47. The number of amides is 1. The van der Waals surface area contributed by atoms with E-state index in [2.05, 4.69) is 10.3 Å². The Kier molecular flexibility index (Phi) is 4.33. The maximum absolute atomic E-state index is 12.5. The van der Waals surface area contributed by atoms with Crippen LogP contribution in [0.15, 0.2) is 36.7 Å². The molecule has 0 saturated carbocycles. The van der Waals surface area contributed by atoms with Crippen molar-refractivity contribution in [3.05, 3.63) is 52.8 Å². The van der Waals surface area contributed by atoms with Crippen LogP contribution in [0.2, 0.25) is 5.02 Å². The van der Waals surface area contributed by atoms with Gasteiger partial charge in [-0.1, -0.05) is 35.9 Å². The van der Waals surface area contributed by atoms with Crippen molar-refractivity contribution in [1.82, 2.24) is 10.3 Å². The van der Waals surface area contributed by atoms with Crippen LogP contribution in [-0.4, -0.2) is 16.4 Å². The van der Waals surface area contributed by atoms with Gasteiger partial charge in [0.15, 0.2) is 0 Å². The Morgan fingerprint density at radius 2 is 1.86 bits per heavy atom. The predicted molar refractivity (Wildman–Crippen MR) is 86.6 cm³/mol. The van der Waals surface area contributed by atoms with Crippen LogP contribution in [0, 0.1) is 6.92 Å². The molecule has 1 N–H and O–H groups in total. The minimum atomic E-state index is -0.317. The summed E-state index contributed by atoms with van der Waals surface area (Å²) in [5.41, 5.74) is 2.92. The van der Waals surface area contributed by atoms with Crippen LogP contribution in [-0.2, 0) is 0 Å². The number of aromatic nitrogens is 1. The minimum absolute atomic E-state index is 0.171. The lowest BCUT2D eigenvalue weighted by Crippen LogP contribution is -2.40. The van der Waals surface area contributed by atoms with E-state index in [1.54, 1.807) is 12.4 Å². The fourth-order valence-corrected chi connectivity index (χ4v) is 2.40. The molecule has 1 aromatic heterocycles. The van der Waals surface area contributed by atoms with Crippen LogP contribution in [0.25, 0.3) is 11.1 Å². The molecule has 0 aliphatic rings. The molecule has 1 heterocycles. The molecule has 0 bridgehead atoms. The summed E-state index contributed by atoms with van der Waals surface area (Å²) in [6.07, 6.45) is 3.13. The first kappa shape index (κ1) is 15.5. The van der Waals surface area contributed by atoms with Gasteiger partial charge in [0.25, 0.3) is 5.91 Å². The van der Waals surface area contributed by atoms with E-state index in [1.165, 1.54) is 0 Å². The summed E-state index contributed by atoms with van der Waals surface area (Å²) in [4.78, 5) is 16.6. The molecule has 0 radical (unpaired) electrons. The molecule has 0 aliphatic carbocycles. The summed E-state index contributed by atoms with van der Waals surface area (Å²) in [5.74, 6) is -0.171. The first-order valence-corrected chi connectivity index (χ1v) is 7.19. The highest BCUT2D eigenvalue weighted by atomic mass is 35.5. The lowest BCUT2D eigenvalue weighted by atomic mass is 9.96. The maximum atomic E-state index is 12.5. The Hall–Kier alpha value is -1.87. The molecule has 2 aromatic rings. The lowest BCUT2D eigenvalue weighted by molar-refractivity contribution is 0.0920. The van der Waals surface area contributed by atoms with Gasteiger partial charge in [0, 0.05) is 23.5 Å². The summed E-state index contributed by atoms with van der Waals surface area (Å²) in [6.45, 7) is 7.82. The summed E-state index contributed by atoms with van der Waals surface area (Å²) >= 11 is 6.31. The number of rotatable bonds is 2. The van der Waals surface area contributed by atoms with Crippen molar-refractivity contribution in [2.24, 2.45) is 0 Å². The van der Waals surface area contributed by atoms with Gasteiger partial charge < -0.3 is 5.32 Å². The molecule has 21 heavy (non-hydrogen) atoms. The Morgan fingerprint density at radius 3 is 2.48 bits per heavy atom. The van der Waals surface area contributed by atoms with E-state index >= 15 is 0 Å². The second-order valence-electron chi connectivity index (χ2n) is 6.06.